The Morgan fingerprint density at radius 1 is 1.09 bits per heavy atom. The van der Waals surface area contributed by atoms with Crippen LogP contribution in [-0.2, 0) is 10.0 Å². The van der Waals surface area contributed by atoms with Gasteiger partial charge in [0.2, 0.25) is 10.0 Å². The Bertz CT molecular complexity index is 949. The second kappa shape index (κ2) is 6.11. The van der Waals surface area contributed by atoms with Gasteiger partial charge in [-0.05, 0) is 17.7 Å². The zero-order valence-electron chi connectivity index (χ0n) is 12.4. The van der Waals surface area contributed by atoms with Gasteiger partial charge in [-0.3, -0.25) is 0 Å². The van der Waals surface area contributed by atoms with Gasteiger partial charge in [-0.25, -0.2) is 18.5 Å². The molecule has 118 valence electrons. The van der Waals surface area contributed by atoms with E-state index in [0.717, 1.165) is 22.0 Å². The average Bonchev–Trinajstić information content (AvgIpc) is 3.03. The number of benzene rings is 2. The molecule has 0 bridgehead atoms. The standard InChI is InChI=1S/C16H15N3O2S2/c1-18-16-19-14(10-22-16)12-6-4-5-11(9-12)13-7-2-3-8-15(13)23(17,20)21/h2-10H,1H3,(H,18,19)(H2,17,20,21). The SMILES string of the molecule is CNc1nc(-c2cccc(-c3ccccc3S(N)(=O)=O)c2)cs1. The van der Waals surface area contributed by atoms with E-state index < -0.39 is 10.0 Å². The van der Waals surface area contributed by atoms with Gasteiger partial charge in [-0.1, -0.05) is 36.4 Å². The molecule has 0 unspecified atom stereocenters. The maximum absolute atomic E-state index is 11.8. The number of sulfonamides is 1. The van der Waals surface area contributed by atoms with E-state index in [1.54, 1.807) is 18.2 Å². The van der Waals surface area contributed by atoms with E-state index in [0.29, 0.717) is 5.56 Å². The summed E-state index contributed by atoms with van der Waals surface area (Å²) < 4.78 is 23.6. The van der Waals surface area contributed by atoms with E-state index in [9.17, 15) is 8.42 Å². The number of thiazole rings is 1. The normalized spacial score (nSPS) is 11.4. The molecule has 0 fully saturated rings. The average molecular weight is 345 g/mol. The van der Waals surface area contributed by atoms with Crippen molar-refractivity contribution in [1.29, 1.82) is 0 Å². The zero-order valence-corrected chi connectivity index (χ0v) is 14.0. The van der Waals surface area contributed by atoms with Crippen LogP contribution in [0.25, 0.3) is 22.4 Å². The number of primary sulfonamides is 1. The molecular weight excluding hydrogens is 330 g/mol. The Morgan fingerprint density at radius 2 is 1.83 bits per heavy atom. The molecule has 5 nitrogen and oxygen atoms in total. The molecule has 2 aromatic carbocycles. The van der Waals surface area contributed by atoms with Crippen LogP contribution in [0.15, 0.2) is 58.8 Å². The second-order valence-electron chi connectivity index (χ2n) is 4.91. The molecule has 0 saturated heterocycles. The predicted molar refractivity (Wildman–Crippen MR) is 93.9 cm³/mol. The summed E-state index contributed by atoms with van der Waals surface area (Å²) in [7, 11) is -1.96. The van der Waals surface area contributed by atoms with Gasteiger partial charge in [-0.15, -0.1) is 11.3 Å². The summed E-state index contributed by atoms with van der Waals surface area (Å²) in [5.74, 6) is 0. The first-order valence-corrected chi connectivity index (χ1v) is 9.27. The summed E-state index contributed by atoms with van der Waals surface area (Å²) in [5.41, 5.74) is 3.13. The Kier molecular flexibility index (Phi) is 4.16. The van der Waals surface area contributed by atoms with Crippen LogP contribution in [-0.4, -0.2) is 20.4 Å². The predicted octanol–water partition coefficient (Wildman–Crippen LogP) is 3.17. The van der Waals surface area contributed by atoms with Crippen molar-refractivity contribution >= 4 is 26.5 Å². The highest BCUT2D eigenvalue weighted by atomic mass is 32.2. The van der Waals surface area contributed by atoms with Gasteiger partial charge >= 0.3 is 0 Å². The molecule has 7 heteroatoms. The number of hydrogen-bond donors (Lipinski definition) is 2. The van der Waals surface area contributed by atoms with Crippen molar-refractivity contribution in [1.82, 2.24) is 4.98 Å². The lowest BCUT2D eigenvalue weighted by Crippen LogP contribution is -2.13. The van der Waals surface area contributed by atoms with Crippen molar-refractivity contribution in [3.63, 3.8) is 0 Å². The summed E-state index contributed by atoms with van der Waals surface area (Å²) >= 11 is 1.52. The largest absolute Gasteiger partial charge is 0.365 e. The lowest BCUT2D eigenvalue weighted by Gasteiger charge is -2.09. The van der Waals surface area contributed by atoms with E-state index in [2.05, 4.69) is 10.3 Å². The zero-order chi connectivity index (χ0) is 16.4. The molecular formula is C16H15N3O2S2. The summed E-state index contributed by atoms with van der Waals surface area (Å²) in [4.78, 5) is 4.59. The lowest BCUT2D eigenvalue weighted by molar-refractivity contribution is 0.598. The molecule has 0 saturated carbocycles. The van der Waals surface area contributed by atoms with Crippen molar-refractivity contribution in [2.24, 2.45) is 5.14 Å². The van der Waals surface area contributed by atoms with Crippen molar-refractivity contribution in [2.45, 2.75) is 4.90 Å². The third-order valence-corrected chi connectivity index (χ3v) is 5.21. The highest BCUT2D eigenvalue weighted by Gasteiger charge is 2.15. The quantitative estimate of drug-likeness (QED) is 0.760. The highest BCUT2D eigenvalue weighted by molar-refractivity contribution is 7.89. The maximum Gasteiger partial charge on any atom is 0.238 e. The van der Waals surface area contributed by atoms with Crippen LogP contribution in [0.4, 0.5) is 5.13 Å². The number of nitrogens with one attached hydrogen (secondary N) is 1. The number of nitrogens with zero attached hydrogens (tertiary/aromatic N) is 1. The molecule has 1 aromatic heterocycles. The van der Waals surface area contributed by atoms with Gasteiger partial charge in [-0.2, -0.15) is 0 Å². The fraction of sp³-hybridized carbons (Fsp3) is 0.0625. The van der Waals surface area contributed by atoms with Gasteiger partial charge in [0.15, 0.2) is 5.13 Å². The first kappa shape index (κ1) is 15.7. The van der Waals surface area contributed by atoms with Crippen molar-refractivity contribution in [3.05, 3.63) is 53.9 Å². The molecule has 3 aromatic rings. The van der Waals surface area contributed by atoms with Crippen LogP contribution in [0.1, 0.15) is 0 Å². The first-order valence-electron chi connectivity index (χ1n) is 6.85. The molecule has 3 rings (SSSR count). The Hall–Kier alpha value is -2.22. The van der Waals surface area contributed by atoms with Crippen LogP contribution in [0, 0.1) is 0 Å². The molecule has 0 spiro atoms. The molecule has 0 atom stereocenters. The molecule has 0 radical (unpaired) electrons. The minimum atomic E-state index is -3.78. The summed E-state index contributed by atoms with van der Waals surface area (Å²) in [6.07, 6.45) is 0. The fourth-order valence-electron chi connectivity index (χ4n) is 2.32. The summed E-state index contributed by atoms with van der Waals surface area (Å²) in [6, 6.07) is 14.3. The highest BCUT2D eigenvalue weighted by Crippen LogP contribution is 2.31. The van der Waals surface area contributed by atoms with E-state index in [1.807, 2.05) is 36.7 Å². The van der Waals surface area contributed by atoms with Crippen molar-refractivity contribution in [2.75, 3.05) is 12.4 Å². The fourth-order valence-corrected chi connectivity index (χ4v) is 3.76. The van der Waals surface area contributed by atoms with Gasteiger partial charge in [0.05, 0.1) is 10.6 Å². The van der Waals surface area contributed by atoms with Crippen LogP contribution in [0.5, 0.6) is 0 Å². The molecule has 1 heterocycles. The van der Waals surface area contributed by atoms with E-state index >= 15 is 0 Å². The van der Waals surface area contributed by atoms with Crippen LogP contribution in [0.3, 0.4) is 0 Å². The van der Waals surface area contributed by atoms with Gasteiger partial charge < -0.3 is 5.32 Å². The number of hydrogen-bond acceptors (Lipinski definition) is 5. The topological polar surface area (TPSA) is 85.1 Å². The molecule has 0 aliphatic heterocycles. The van der Waals surface area contributed by atoms with Gasteiger partial charge in [0, 0.05) is 23.6 Å². The molecule has 0 aliphatic carbocycles. The number of nitrogens with two attached hydrogens (primary N) is 1. The molecule has 0 amide bonds. The Balaban J connectivity index is 2.11. The van der Waals surface area contributed by atoms with Gasteiger partial charge in [0.1, 0.15) is 0 Å². The first-order chi connectivity index (χ1) is 11.0. The second-order valence-corrected chi connectivity index (χ2v) is 7.30. The van der Waals surface area contributed by atoms with Gasteiger partial charge in [0.25, 0.3) is 0 Å². The molecule has 23 heavy (non-hydrogen) atoms. The summed E-state index contributed by atoms with van der Waals surface area (Å²) in [6.45, 7) is 0. The summed E-state index contributed by atoms with van der Waals surface area (Å²) in [5, 5.41) is 11.1. The molecule has 0 aliphatic rings. The van der Waals surface area contributed by atoms with E-state index in [1.165, 1.54) is 17.4 Å². The van der Waals surface area contributed by atoms with Crippen LogP contribution >= 0.6 is 11.3 Å². The minimum Gasteiger partial charge on any atom is -0.365 e. The monoisotopic (exact) mass is 345 g/mol. The third-order valence-electron chi connectivity index (χ3n) is 3.38. The third kappa shape index (κ3) is 3.26. The number of aromatic nitrogens is 1. The molecule has 3 N–H and O–H groups in total. The Morgan fingerprint density at radius 3 is 2.52 bits per heavy atom. The Labute approximate surface area is 138 Å². The van der Waals surface area contributed by atoms with Crippen molar-refractivity contribution < 1.29 is 8.42 Å². The maximum atomic E-state index is 11.8. The van der Waals surface area contributed by atoms with Crippen molar-refractivity contribution in [3.8, 4) is 22.4 Å². The van der Waals surface area contributed by atoms with Crippen LogP contribution in [0.2, 0.25) is 0 Å². The number of anilines is 1. The lowest BCUT2D eigenvalue weighted by atomic mass is 10.0. The van der Waals surface area contributed by atoms with E-state index in [-0.39, 0.29) is 4.90 Å². The minimum absolute atomic E-state index is 0.117. The van der Waals surface area contributed by atoms with Crippen LogP contribution < -0.4 is 10.5 Å². The number of rotatable bonds is 4. The van der Waals surface area contributed by atoms with E-state index in [4.69, 9.17) is 5.14 Å². The smallest absolute Gasteiger partial charge is 0.238 e.